The molecular formula is C17H23N3O4S. The molecule has 1 aromatic carbocycles. The van der Waals surface area contributed by atoms with E-state index in [4.69, 9.17) is 0 Å². The quantitative estimate of drug-likeness (QED) is 0.733. The van der Waals surface area contributed by atoms with Crippen LogP contribution in [-0.4, -0.2) is 43.7 Å². The number of benzene rings is 1. The molecule has 25 heavy (non-hydrogen) atoms. The number of amides is 2. The zero-order valence-electron chi connectivity index (χ0n) is 14.1. The molecule has 7 nitrogen and oxygen atoms in total. The van der Waals surface area contributed by atoms with Gasteiger partial charge in [0, 0.05) is 26.1 Å². The summed E-state index contributed by atoms with van der Waals surface area (Å²) in [6, 6.07) is 8.53. The number of rotatable bonds is 6. The number of nitrogens with zero attached hydrogens (tertiary/aromatic N) is 1. The van der Waals surface area contributed by atoms with E-state index in [1.165, 1.54) is 17.3 Å². The molecule has 1 aromatic rings. The van der Waals surface area contributed by atoms with E-state index < -0.39 is 21.3 Å². The lowest BCUT2D eigenvalue weighted by molar-refractivity contribution is -0.119. The van der Waals surface area contributed by atoms with E-state index in [1.807, 2.05) is 0 Å². The van der Waals surface area contributed by atoms with E-state index in [-0.39, 0.29) is 25.0 Å². The van der Waals surface area contributed by atoms with E-state index in [2.05, 4.69) is 17.2 Å². The van der Waals surface area contributed by atoms with Gasteiger partial charge in [0.05, 0.1) is 0 Å². The Morgan fingerprint density at radius 3 is 2.36 bits per heavy atom. The Balaban J connectivity index is 2.14. The molecule has 2 rings (SSSR count). The van der Waals surface area contributed by atoms with Gasteiger partial charge in [-0.25, -0.2) is 8.42 Å². The van der Waals surface area contributed by atoms with Crippen molar-refractivity contribution in [1.29, 1.82) is 0 Å². The molecule has 0 bridgehead atoms. The maximum Gasteiger partial charge on any atom is 0.243 e. The lowest BCUT2D eigenvalue weighted by Gasteiger charge is -2.34. The number of hydrogen-bond donors (Lipinski definition) is 2. The van der Waals surface area contributed by atoms with Crippen LogP contribution in [0.15, 0.2) is 43.0 Å². The number of sulfonamides is 1. The fraction of sp³-hybridized carbons (Fsp3) is 0.412. The molecule has 8 heteroatoms. The van der Waals surface area contributed by atoms with Crippen molar-refractivity contribution < 1.29 is 18.0 Å². The summed E-state index contributed by atoms with van der Waals surface area (Å²) >= 11 is 0. The zero-order valence-corrected chi connectivity index (χ0v) is 15.0. The van der Waals surface area contributed by atoms with E-state index >= 15 is 0 Å². The molecule has 0 radical (unpaired) electrons. The number of piperidine rings is 1. The highest BCUT2D eigenvalue weighted by Crippen LogP contribution is 2.26. The fourth-order valence-electron chi connectivity index (χ4n) is 2.81. The van der Waals surface area contributed by atoms with Crippen LogP contribution < -0.4 is 10.6 Å². The lowest BCUT2D eigenvalue weighted by atomic mass is 10.1. The molecule has 136 valence electrons. The SMILES string of the molecule is C=CC(=O)NC1CCN(S(=O)(=O)C(NC(C)=O)c2ccccc2)CC1. The van der Waals surface area contributed by atoms with Crippen LogP contribution in [0.4, 0.5) is 0 Å². The summed E-state index contributed by atoms with van der Waals surface area (Å²) in [4.78, 5) is 22.9. The van der Waals surface area contributed by atoms with Gasteiger partial charge in [-0.3, -0.25) is 9.59 Å². The van der Waals surface area contributed by atoms with Crippen molar-refractivity contribution in [2.75, 3.05) is 13.1 Å². The lowest BCUT2D eigenvalue weighted by Crippen LogP contribution is -2.49. The van der Waals surface area contributed by atoms with Gasteiger partial charge in [-0.2, -0.15) is 4.31 Å². The van der Waals surface area contributed by atoms with E-state index in [0.717, 1.165) is 0 Å². The average Bonchev–Trinajstić information content (AvgIpc) is 2.60. The molecule has 0 aliphatic carbocycles. The third kappa shape index (κ3) is 4.90. The van der Waals surface area contributed by atoms with Gasteiger partial charge >= 0.3 is 0 Å². The Kier molecular flexibility index (Phi) is 6.33. The van der Waals surface area contributed by atoms with Crippen molar-refractivity contribution in [3.8, 4) is 0 Å². The largest absolute Gasteiger partial charge is 0.350 e. The van der Waals surface area contributed by atoms with E-state index in [0.29, 0.717) is 18.4 Å². The Bertz CT molecular complexity index is 726. The van der Waals surface area contributed by atoms with Gasteiger partial charge in [-0.05, 0) is 24.5 Å². The fourth-order valence-corrected chi connectivity index (χ4v) is 4.64. The Hall–Kier alpha value is -2.19. The van der Waals surface area contributed by atoms with Crippen LogP contribution in [-0.2, 0) is 19.6 Å². The standard InChI is InChI=1S/C17H23N3O4S/c1-3-16(22)19-15-9-11-20(12-10-15)25(23,24)17(18-13(2)21)14-7-5-4-6-8-14/h3-8,15,17H,1,9-12H2,2H3,(H,18,21)(H,19,22). The van der Waals surface area contributed by atoms with Crippen LogP contribution >= 0.6 is 0 Å². The van der Waals surface area contributed by atoms with Crippen molar-refractivity contribution in [2.24, 2.45) is 0 Å². The smallest absolute Gasteiger partial charge is 0.243 e. The van der Waals surface area contributed by atoms with Gasteiger partial charge in [0.2, 0.25) is 21.8 Å². The minimum Gasteiger partial charge on any atom is -0.350 e. The van der Waals surface area contributed by atoms with Crippen LogP contribution in [0.3, 0.4) is 0 Å². The van der Waals surface area contributed by atoms with Crippen LogP contribution in [0, 0.1) is 0 Å². The van der Waals surface area contributed by atoms with Crippen LogP contribution in [0.25, 0.3) is 0 Å². The number of hydrogen-bond acceptors (Lipinski definition) is 4. The Morgan fingerprint density at radius 2 is 1.84 bits per heavy atom. The first-order chi connectivity index (χ1) is 11.8. The second-order valence-corrected chi connectivity index (χ2v) is 7.94. The number of nitrogens with one attached hydrogen (secondary N) is 2. The number of carbonyl (C=O) groups is 2. The molecule has 1 fully saturated rings. The zero-order chi connectivity index (χ0) is 18.4. The first-order valence-electron chi connectivity index (χ1n) is 8.08. The summed E-state index contributed by atoms with van der Waals surface area (Å²) in [6.07, 6.45) is 2.23. The second-order valence-electron chi connectivity index (χ2n) is 5.92. The van der Waals surface area contributed by atoms with E-state index in [9.17, 15) is 18.0 Å². The predicted octanol–water partition coefficient (Wildman–Crippen LogP) is 0.918. The van der Waals surface area contributed by atoms with Gasteiger partial charge in [0.25, 0.3) is 0 Å². The maximum atomic E-state index is 13.0. The molecular weight excluding hydrogens is 342 g/mol. The first-order valence-corrected chi connectivity index (χ1v) is 9.59. The third-order valence-electron chi connectivity index (χ3n) is 4.08. The number of carbonyl (C=O) groups excluding carboxylic acids is 2. The average molecular weight is 365 g/mol. The molecule has 0 aromatic heterocycles. The third-order valence-corrected chi connectivity index (χ3v) is 6.15. The first kappa shape index (κ1) is 19.1. The highest BCUT2D eigenvalue weighted by molar-refractivity contribution is 7.89. The summed E-state index contributed by atoms with van der Waals surface area (Å²) in [6.45, 7) is 5.27. The molecule has 1 aliphatic rings. The van der Waals surface area contributed by atoms with Gasteiger partial charge in [0.15, 0.2) is 5.37 Å². The van der Waals surface area contributed by atoms with E-state index in [1.54, 1.807) is 30.3 Å². The predicted molar refractivity (Wildman–Crippen MR) is 94.9 cm³/mol. The summed E-state index contributed by atoms with van der Waals surface area (Å²) < 4.78 is 27.4. The van der Waals surface area contributed by atoms with Crippen molar-refractivity contribution in [2.45, 2.75) is 31.2 Å². The van der Waals surface area contributed by atoms with Crippen molar-refractivity contribution in [3.63, 3.8) is 0 Å². The van der Waals surface area contributed by atoms with Gasteiger partial charge in [-0.15, -0.1) is 0 Å². The molecule has 1 saturated heterocycles. The molecule has 1 heterocycles. The van der Waals surface area contributed by atoms with Crippen LogP contribution in [0.1, 0.15) is 30.7 Å². The summed E-state index contributed by atoms with van der Waals surface area (Å²) in [5.74, 6) is -0.674. The van der Waals surface area contributed by atoms with Gasteiger partial charge < -0.3 is 10.6 Å². The molecule has 1 aliphatic heterocycles. The second kappa shape index (κ2) is 8.26. The summed E-state index contributed by atoms with van der Waals surface area (Å²) in [5.41, 5.74) is 0.514. The van der Waals surface area contributed by atoms with Crippen molar-refractivity contribution in [3.05, 3.63) is 48.6 Å². The Labute approximate surface area is 148 Å². The molecule has 2 N–H and O–H groups in total. The minimum absolute atomic E-state index is 0.0760. The summed E-state index contributed by atoms with van der Waals surface area (Å²) in [5, 5.41) is 4.20. The monoisotopic (exact) mass is 365 g/mol. The minimum atomic E-state index is -3.76. The molecule has 0 spiro atoms. The Morgan fingerprint density at radius 1 is 1.24 bits per heavy atom. The normalized spacial score (nSPS) is 17.5. The van der Waals surface area contributed by atoms with Crippen LogP contribution in [0.2, 0.25) is 0 Å². The summed E-state index contributed by atoms with van der Waals surface area (Å²) in [7, 11) is -3.76. The topological polar surface area (TPSA) is 95.6 Å². The van der Waals surface area contributed by atoms with Gasteiger partial charge in [0.1, 0.15) is 0 Å². The van der Waals surface area contributed by atoms with Crippen molar-refractivity contribution >= 4 is 21.8 Å². The highest BCUT2D eigenvalue weighted by atomic mass is 32.2. The molecule has 2 amide bonds. The molecule has 0 saturated carbocycles. The maximum absolute atomic E-state index is 13.0. The highest BCUT2D eigenvalue weighted by Gasteiger charge is 2.36. The molecule has 1 atom stereocenters. The van der Waals surface area contributed by atoms with Crippen LogP contribution in [0.5, 0.6) is 0 Å². The molecule has 1 unspecified atom stereocenters. The van der Waals surface area contributed by atoms with Crippen molar-refractivity contribution in [1.82, 2.24) is 14.9 Å². The van der Waals surface area contributed by atoms with Gasteiger partial charge in [-0.1, -0.05) is 36.9 Å².